The van der Waals surface area contributed by atoms with Gasteiger partial charge in [0.1, 0.15) is 23.7 Å². The summed E-state index contributed by atoms with van der Waals surface area (Å²) < 4.78 is 84.6. The van der Waals surface area contributed by atoms with Gasteiger partial charge in [0.05, 0.1) is 12.6 Å². The van der Waals surface area contributed by atoms with Crippen LogP contribution in [0.5, 0.6) is 5.75 Å². The van der Waals surface area contributed by atoms with Crippen LogP contribution in [-0.4, -0.2) is 44.9 Å². The fourth-order valence-electron chi connectivity index (χ4n) is 3.54. The number of nitrogens with zero attached hydrogens (tertiary/aromatic N) is 3. The van der Waals surface area contributed by atoms with E-state index in [0.717, 1.165) is 12.1 Å². The number of benzene rings is 2. The van der Waals surface area contributed by atoms with Crippen LogP contribution in [0.2, 0.25) is 0 Å². The maximum absolute atomic E-state index is 14.5. The van der Waals surface area contributed by atoms with E-state index in [1.54, 1.807) is 12.2 Å². The van der Waals surface area contributed by atoms with Gasteiger partial charge in [0, 0.05) is 12.0 Å². The molecule has 0 aliphatic carbocycles. The normalized spacial score (nSPS) is 14.4. The molecule has 0 saturated heterocycles. The lowest BCUT2D eigenvalue weighted by atomic mass is 9.78. The minimum Gasteiger partial charge on any atom is -0.487 e. The van der Waals surface area contributed by atoms with Crippen LogP contribution in [0, 0.1) is 17.0 Å². The maximum Gasteiger partial charge on any atom is 0.340 e. The third-order valence-corrected chi connectivity index (χ3v) is 5.62. The molecule has 11 heteroatoms. The van der Waals surface area contributed by atoms with E-state index in [1.165, 1.54) is 41.3 Å². The Bertz CT molecular complexity index is 1210. The smallest absolute Gasteiger partial charge is 0.340 e. The van der Waals surface area contributed by atoms with Crippen molar-refractivity contribution in [1.29, 1.82) is 0 Å². The number of aromatic nitrogens is 3. The fourth-order valence-corrected chi connectivity index (χ4v) is 3.54. The van der Waals surface area contributed by atoms with Gasteiger partial charge in [-0.1, -0.05) is 45.0 Å². The van der Waals surface area contributed by atoms with Crippen molar-refractivity contribution in [2.24, 2.45) is 5.41 Å². The number of aliphatic hydroxyl groups excluding tert-OH is 1. The van der Waals surface area contributed by atoms with Gasteiger partial charge in [-0.15, -0.1) is 0 Å². The molecule has 2 atom stereocenters. The first kappa shape index (κ1) is 28.2. The van der Waals surface area contributed by atoms with Crippen molar-refractivity contribution in [2.75, 3.05) is 6.61 Å². The van der Waals surface area contributed by atoms with Gasteiger partial charge in [0.15, 0.2) is 12.4 Å². The molecule has 0 spiro atoms. The Kier molecular flexibility index (Phi) is 8.68. The number of hydrogen-bond donors (Lipinski definition) is 1. The summed E-state index contributed by atoms with van der Waals surface area (Å²) in [7, 11) is 0. The van der Waals surface area contributed by atoms with Crippen LogP contribution in [0.25, 0.3) is 12.2 Å². The molecule has 0 bridgehead atoms. The molecule has 1 heterocycles. The van der Waals surface area contributed by atoms with Gasteiger partial charge in [-0.2, -0.15) is 13.9 Å². The van der Waals surface area contributed by atoms with Crippen molar-refractivity contribution in [3.63, 3.8) is 0 Å². The SMILES string of the molecule is CC(C)(C)[C@H](O)C(Cn1cnc(/C=C/c2ccc(OCC(F)(F)C(F)F)cc2)n1)c1ccc(F)cc1F. The van der Waals surface area contributed by atoms with Crippen molar-refractivity contribution in [3.05, 3.63) is 77.4 Å². The van der Waals surface area contributed by atoms with Crippen molar-refractivity contribution in [2.45, 2.75) is 51.7 Å². The summed E-state index contributed by atoms with van der Waals surface area (Å²) in [4.78, 5) is 4.18. The summed E-state index contributed by atoms with van der Waals surface area (Å²) in [5.41, 5.74) is 0.198. The number of rotatable bonds is 10. The summed E-state index contributed by atoms with van der Waals surface area (Å²) >= 11 is 0. The predicted octanol–water partition coefficient (Wildman–Crippen LogP) is 6.20. The first-order valence-electron chi connectivity index (χ1n) is 11.4. The highest BCUT2D eigenvalue weighted by atomic mass is 19.3. The van der Waals surface area contributed by atoms with Crippen molar-refractivity contribution >= 4 is 12.2 Å². The third kappa shape index (κ3) is 7.58. The second-order valence-electron chi connectivity index (χ2n) is 9.66. The van der Waals surface area contributed by atoms with E-state index >= 15 is 0 Å². The predicted molar refractivity (Wildman–Crippen MR) is 126 cm³/mol. The Balaban J connectivity index is 1.70. The largest absolute Gasteiger partial charge is 0.487 e. The zero-order valence-electron chi connectivity index (χ0n) is 20.4. The fraction of sp³-hybridized carbons (Fsp3) is 0.385. The van der Waals surface area contributed by atoms with Crippen molar-refractivity contribution in [1.82, 2.24) is 14.8 Å². The molecule has 0 aliphatic heterocycles. The molecule has 0 saturated carbocycles. The van der Waals surface area contributed by atoms with E-state index in [0.29, 0.717) is 11.4 Å². The molecule has 1 N–H and O–H groups in total. The highest BCUT2D eigenvalue weighted by molar-refractivity contribution is 5.66. The van der Waals surface area contributed by atoms with E-state index in [4.69, 9.17) is 4.74 Å². The highest BCUT2D eigenvalue weighted by Crippen LogP contribution is 2.34. The van der Waals surface area contributed by atoms with Gasteiger partial charge in [-0.3, -0.25) is 4.68 Å². The zero-order valence-corrected chi connectivity index (χ0v) is 20.4. The number of halogens is 6. The van der Waals surface area contributed by atoms with Crippen LogP contribution < -0.4 is 4.74 Å². The highest BCUT2D eigenvalue weighted by Gasteiger charge is 2.41. The summed E-state index contributed by atoms with van der Waals surface area (Å²) in [5.74, 6) is -6.14. The minimum atomic E-state index is -4.24. The summed E-state index contributed by atoms with van der Waals surface area (Å²) in [6.07, 6.45) is -0.159. The molecule has 3 aromatic rings. The second-order valence-corrected chi connectivity index (χ2v) is 9.66. The maximum atomic E-state index is 14.5. The van der Waals surface area contributed by atoms with Crippen LogP contribution in [0.3, 0.4) is 0 Å². The summed E-state index contributed by atoms with van der Waals surface area (Å²) in [6, 6.07) is 9.02. The van der Waals surface area contributed by atoms with E-state index in [2.05, 4.69) is 10.1 Å². The zero-order chi connectivity index (χ0) is 27.4. The molecule has 0 radical (unpaired) electrons. The average molecular weight is 528 g/mol. The molecule has 2 aromatic carbocycles. The monoisotopic (exact) mass is 527 g/mol. The quantitative estimate of drug-likeness (QED) is 0.319. The summed E-state index contributed by atoms with van der Waals surface area (Å²) in [6.45, 7) is 4.07. The van der Waals surface area contributed by atoms with Gasteiger partial charge in [-0.05, 0) is 40.8 Å². The standard InChI is InChI=1S/C26H27F6N3O2/c1-25(2,3)23(36)20(19-10-7-17(27)12-21(19)28)13-35-15-33-22(34-35)11-6-16-4-8-18(9-5-16)37-14-26(31,32)24(29)30/h4-12,15,20,23-24,36H,13-14H2,1-3H3/b11-6+/t20?,23-/m1/s1. The third-order valence-electron chi connectivity index (χ3n) is 5.62. The van der Waals surface area contributed by atoms with Crippen LogP contribution in [-0.2, 0) is 6.54 Å². The first-order valence-corrected chi connectivity index (χ1v) is 11.4. The molecule has 1 aromatic heterocycles. The van der Waals surface area contributed by atoms with Crippen LogP contribution in [0.15, 0.2) is 48.8 Å². The molecular weight excluding hydrogens is 500 g/mol. The van der Waals surface area contributed by atoms with Crippen molar-refractivity contribution < 1.29 is 36.2 Å². The first-order chi connectivity index (χ1) is 17.3. The van der Waals surface area contributed by atoms with E-state index in [1.807, 2.05) is 20.8 Å². The Labute approximate surface area is 210 Å². The number of aliphatic hydroxyl groups is 1. The van der Waals surface area contributed by atoms with Crippen LogP contribution in [0.1, 0.15) is 43.6 Å². The Hall–Kier alpha value is -3.34. The molecule has 0 fully saturated rings. The molecule has 5 nitrogen and oxygen atoms in total. The van der Waals surface area contributed by atoms with E-state index < -0.39 is 48.0 Å². The van der Waals surface area contributed by atoms with Gasteiger partial charge in [-0.25, -0.2) is 22.5 Å². The second kappa shape index (κ2) is 11.4. The lowest BCUT2D eigenvalue weighted by Crippen LogP contribution is -2.35. The molecule has 1 unspecified atom stereocenters. The van der Waals surface area contributed by atoms with Crippen molar-refractivity contribution in [3.8, 4) is 5.75 Å². The number of hydrogen-bond acceptors (Lipinski definition) is 4. The molecule has 0 amide bonds. The lowest BCUT2D eigenvalue weighted by molar-refractivity contribution is -0.148. The van der Waals surface area contributed by atoms with E-state index in [-0.39, 0.29) is 17.9 Å². The molecule has 37 heavy (non-hydrogen) atoms. The Morgan fingerprint density at radius 2 is 1.70 bits per heavy atom. The minimum absolute atomic E-state index is 0.0105. The molecular formula is C26H27F6N3O2. The topological polar surface area (TPSA) is 60.2 Å². The van der Waals surface area contributed by atoms with Crippen LogP contribution in [0.4, 0.5) is 26.3 Å². The van der Waals surface area contributed by atoms with E-state index in [9.17, 15) is 31.4 Å². The Morgan fingerprint density at radius 1 is 1.03 bits per heavy atom. The molecule has 3 rings (SSSR count). The number of ether oxygens (including phenoxy) is 1. The lowest BCUT2D eigenvalue weighted by Gasteiger charge is -2.33. The average Bonchev–Trinajstić information content (AvgIpc) is 3.27. The molecule has 200 valence electrons. The van der Waals surface area contributed by atoms with Gasteiger partial charge < -0.3 is 9.84 Å². The van der Waals surface area contributed by atoms with Gasteiger partial charge in [0.25, 0.3) is 0 Å². The van der Waals surface area contributed by atoms with Crippen LogP contribution >= 0.6 is 0 Å². The Morgan fingerprint density at radius 3 is 2.30 bits per heavy atom. The molecule has 0 aliphatic rings. The van der Waals surface area contributed by atoms with Gasteiger partial charge >= 0.3 is 12.3 Å². The number of alkyl halides is 4. The summed E-state index contributed by atoms with van der Waals surface area (Å²) in [5, 5.41) is 15.2. The van der Waals surface area contributed by atoms with Gasteiger partial charge in [0.2, 0.25) is 0 Å².